The molecule has 172 valence electrons. The maximum atomic E-state index is 14.1. The highest BCUT2D eigenvalue weighted by atomic mass is 19.1. The van der Waals surface area contributed by atoms with E-state index < -0.39 is 34.2 Å². The number of anilines is 2. The molecule has 5 rings (SSSR count). The molecule has 3 fully saturated rings. The average molecular weight is 446 g/mol. The lowest BCUT2D eigenvalue weighted by molar-refractivity contribution is -0.132. The molecule has 1 aromatic rings. The molecule has 1 saturated heterocycles. The van der Waals surface area contributed by atoms with Gasteiger partial charge in [-0.2, -0.15) is 0 Å². The van der Waals surface area contributed by atoms with Gasteiger partial charge in [-0.15, -0.1) is 0 Å². The topological polar surface area (TPSA) is 128 Å². The van der Waals surface area contributed by atoms with Gasteiger partial charge in [-0.05, 0) is 38.3 Å². The number of aliphatic carboxylic acids is 1. The number of hydrogen-bond acceptors (Lipinski definition) is 7. The number of Topliss-reactive ketones (excluding diaryl/α,β-unsaturated/α-hetero) is 1. The second-order valence-electron chi connectivity index (χ2n) is 9.28. The number of carbonyl (C=O) groups is 2. The second kappa shape index (κ2) is 6.90. The fourth-order valence-electron chi connectivity index (χ4n) is 5.50. The third kappa shape index (κ3) is 2.86. The molecule has 0 spiro atoms. The predicted molar refractivity (Wildman–Crippen MR) is 117 cm³/mol. The maximum absolute atomic E-state index is 14.1. The molecule has 9 nitrogen and oxygen atoms in total. The summed E-state index contributed by atoms with van der Waals surface area (Å²) in [6.45, 7) is 1.45. The molecule has 0 aromatic heterocycles. The summed E-state index contributed by atoms with van der Waals surface area (Å²) in [5.41, 5.74) is 5.95. The first kappa shape index (κ1) is 21.2. The summed E-state index contributed by atoms with van der Waals surface area (Å²) in [5.74, 6) is -1.82. The van der Waals surface area contributed by atoms with Gasteiger partial charge in [-0.25, -0.2) is 9.18 Å². The molecule has 2 aliphatic heterocycles. The Hall–Kier alpha value is -2.69. The number of quaternary nitrogens is 1. The van der Waals surface area contributed by atoms with Gasteiger partial charge in [-0.1, -0.05) is 0 Å². The number of methoxy groups -OCH3 is 1. The number of nitrogens with zero attached hydrogens (tertiary/aromatic N) is 2. The van der Waals surface area contributed by atoms with Gasteiger partial charge < -0.3 is 31.0 Å². The summed E-state index contributed by atoms with van der Waals surface area (Å²) in [5, 5.41) is 26.9. The van der Waals surface area contributed by atoms with E-state index in [1.807, 2.05) is 7.05 Å². The number of carboxylic acids is 1. The highest BCUT2D eigenvalue weighted by molar-refractivity contribution is 6.29. The number of alkyl halides is 1. The molecule has 2 saturated carbocycles. The maximum Gasteiger partial charge on any atom is 0.345 e. The Morgan fingerprint density at radius 1 is 1.47 bits per heavy atom. The summed E-state index contributed by atoms with van der Waals surface area (Å²) in [7, 11) is 3.36. The van der Waals surface area contributed by atoms with Gasteiger partial charge in [0.1, 0.15) is 17.8 Å². The van der Waals surface area contributed by atoms with Gasteiger partial charge >= 0.3 is 5.97 Å². The Bertz CT molecular complexity index is 1060. The van der Waals surface area contributed by atoms with Crippen LogP contribution in [0.1, 0.15) is 36.0 Å². The van der Waals surface area contributed by atoms with E-state index in [0.717, 1.165) is 38.6 Å². The first-order valence-corrected chi connectivity index (χ1v) is 10.9. The van der Waals surface area contributed by atoms with Gasteiger partial charge in [0.05, 0.1) is 18.5 Å². The van der Waals surface area contributed by atoms with Crippen LogP contribution in [0.4, 0.5) is 21.5 Å². The molecule has 10 heteroatoms. The van der Waals surface area contributed by atoms with E-state index >= 15 is 0 Å². The first-order valence-electron chi connectivity index (χ1n) is 10.9. The van der Waals surface area contributed by atoms with Crippen LogP contribution in [0.2, 0.25) is 0 Å². The van der Waals surface area contributed by atoms with E-state index in [4.69, 9.17) is 10.5 Å². The Labute approximate surface area is 184 Å². The number of benzene rings is 1. The van der Waals surface area contributed by atoms with Crippen LogP contribution >= 0.6 is 0 Å². The number of carbonyl (C=O) groups excluding carboxylic acids is 1. The lowest BCUT2D eigenvalue weighted by Crippen LogP contribution is -2.46. The summed E-state index contributed by atoms with van der Waals surface area (Å²) in [6, 6.07) is 0.538. The van der Waals surface area contributed by atoms with Crippen LogP contribution in [-0.4, -0.2) is 61.9 Å². The standard InChI is InChI=1S/C22H27FN4O5/c1-25-22(4-5-22)11-3-6-26(9-11)15-8-14(24)17-18(20(15)32-2)27(31,16-7-13(16)23)10-12(19(17)28)21(29)30/h8,10-11,13,16,25H,3-7,9,24H2,1-2H3,(H,29,30)/t11-,13-,16-,27?/m1/s1. The molecule has 0 radical (unpaired) electrons. The lowest BCUT2D eigenvalue weighted by Gasteiger charge is -2.43. The van der Waals surface area contributed by atoms with Gasteiger partial charge in [0.25, 0.3) is 0 Å². The summed E-state index contributed by atoms with van der Waals surface area (Å²) in [6.07, 6.45) is 2.57. The monoisotopic (exact) mass is 446 g/mol. The quantitative estimate of drug-likeness (QED) is 0.262. The minimum absolute atomic E-state index is 0.000241. The molecule has 4 aliphatic rings. The number of ketones is 1. The number of nitrogens with two attached hydrogens (primary N) is 1. The number of fused-ring (bicyclic) bond motifs is 1. The molecule has 4 N–H and O–H groups in total. The van der Waals surface area contributed by atoms with E-state index in [2.05, 4.69) is 10.2 Å². The smallest absolute Gasteiger partial charge is 0.345 e. The summed E-state index contributed by atoms with van der Waals surface area (Å²) >= 11 is 0. The third-order valence-electron chi connectivity index (χ3n) is 7.61. The van der Waals surface area contributed by atoms with Crippen LogP contribution in [0, 0.1) is 11.1 Å². The first-order chi connectivity index (χ1) is 15.2. The van der Waals surface area contributed by atoms with Gasteiger partial charge in [0.15, 0.2) is 17.4 Å². The SMILES string of the molecule is CNC1([C@@H]2CCN(c3cc(N)c4c(c3OC)[N+]([O-])([C@@H]3C[C@H]3F)C=C(C(=O)O)C4=O)C2)CC1. The van der Waals surface area contributed by atoms with Crippen LogP contribution in [-0.2, 0) is 4.79 Å². The zero-order chi connectivity index (χ0) is 23.0. The Kier molecular flexibility index (Phi) is 4.57. The molecular formula is C22H27FN4O5. The predicted octanol–water partition coefficient (Wildman–Crippen LogP) is 1.94. The van der Waals surface area contributed by atoms with E-state index in [9.17, 15) is 24.3 Å². The fourth-order valence-corrected chi connectivity index (χ4v) is 5.50. The van der Waals surface area contributed by atoms with Crippen LogP contribution in [0.3, 0.4) is 0 Å². The van der Waals surface area contributed by atoms with Crippen molar-refractivity contribution in [1.29, 1.82) is 0 Å². The average Bonchev–Trinajstić information content (AvgIpc) is 3.66. The number of halogens is 1. The van der Waals surface area contributed by atoms with Crippen molar-refractivity contribution in [3.63, 3.8) is 0 Å². The molecule has 2 heterocycles. The van der Waals surface area contributed by atoms with Crippen molar-refractivity contribution < 1.29 is 23.8 Å². The molecular weight excluding hydrogens is 419 g/mol. The second-order valence-corrected chi connectivity index (χ2v) is 9.28. The molecule has 0 amide bonds. The van der Waals surface area contributed by atoms with Crippen LogP contribution in [0.25, 0.3) is 0 Å². The number of carboxylic acid groups (broad SMARTS) is 1. The van der Waals surface area contributed by atoms with Gasteiger partial charge in [0.2, 0.25) is 11.5 Å². The van der Waals surface area contributed by atoms with Crippen LogP contribution in [0.15, 0.2) is 17.8 Å². The summed E-state index contributed by atoms with van der Waals surface area (Å²) in [4.78, 5) is 26.7. The normalized spacial score (nSPS) is 32.4. The Morgan fingerprint density at radius 3 is 2.69 bits per heavy atom. The minimum Gasteiger partial charge on any atom is -0.622 e. The van der Waals surface area contributed by atoms with Crippen molar-refractivity contribution in [1.82, 2.24) is 9.96 Å². The van der Waals surface area contributed by atoms with Crippen molar-refractivity contribution in [3.05, 3.63) is 28.6 Å². The molecule has 32 heavy (non-hydrogen) atoms. The number of hydrogen-bond donors (Lipinski definition) is 3. The van der Waals surface area contributed by atoms with Crippen molar-refractivity contribution in [2.45, 2.75) is 43.4 Å². The van der Waals surface area contributed by atoms with E-state index in [-0.39, 0.29) is 34.6 Å². The number of nitrogens with one attached hydrogen (secondary N) is 1. The largest absolute Gasteiger partial charge is 0.622 e. The van der Waals surface area contributed by atoms with Crippen molar-refractivity contribution in [3.8, 4) is 5.75 Å². The molecule has 1 unspecified atom stereocenters. The van der Waals surface area contributed by atoms with Crippen LogP contribution < -0.4 is 25.3 Å². The van der Waals surface area contributed by atoms with Crippen molar-refractivity contribution >= 4 is 28.8 Å². The highest BCUT2D eigenvalue weighted by Gasteiger charge is 2.57. The van der Waals surface area contributed by atoms with Gasteiger partial charge in [-0.3, -0.25) is 9.44 Å². The Morgan fingerprint density at radius 2 is 2.16 bits per heavy atom. The lowest BCUT2D eigenvalue weighted by atomic mass is 9.93. The zero-order valence-electron chi connectivity index (χ0n) is 18.1. The van der Waals surface area contributed by atoms with E-state index in [1.165, 1.54) is 7.11 Å². The van der Waals surface area contributed by atoms with Crippen LogP contribution in [0.5, 0.6) is 5.75 Å². The number of rotatable bonds is 6. The van der Waals surface area contributed by atoms with E-state index in [0.29, 0.717) is 11.6 Å². The highest BCUT2D eigenvalue weighted by Crippen LogP contribution is 2.55. The van der Waals surface area contributed by atoms with Gasteiger partial charge in [0, 0.05) is 25.0 Å². The number of ether oxygens (including phenoxy) is 1. The molecule has 0 bridgehead atoms. The van der Waals surface area contributed by atoms with Crippen molar-refractivity contribution in [2.24, 2.45) is 5.92 Å². The third-order valence-corrected chi connectivity index (χ3v) is 7.61. The minimum atomic E-state index is -1.54. The molecule has 4 atom stereocenters. The summed E-state index contributed by atoms with van der Waals surface area (Å²) < 4.78 is 18.4. The van der Waals surface area contributed by atoms with Crippen molar-refractivity contribution in [2.75, 3.05) is 37.9 Å². The van der Waals surface area contributed by atoms with E-state index in [1.54, 1.807) is 6.07 Å². The molecule has 2 aliphatic carbocycles. The number of hydroxylamine groups is 2. The fraction of sp³-hybridized carbons (Fsp3) is 0.545. The molecule has 1 aromatic carbocycles. The zero-order valence-corrected chi connectivity index (χ0v) is 18.1. The number of nitrogen functional groups attached to an aromatic ring is 1. The Balaban J connectivity index is 1.64.